The summed E-state index contributed by atoms with van der Waals surface area (Å²) in [6.07, 6.45) is 3.24. The van der Waals surface area contributed by atoms with E-state index in [-0.39, 0.29) is 0 Å². The number of unbranched alkanes of at least 4 members (excludes halogenated alkanes) is 2. The molecule has 0 radical (unpaired) electrons. The molecule has 0 aliphatic heterocycles. The number of hydrogen-bond donors (Lipinski definition) is 2. The second kappa shape index (κ2) is 8.62. The van der Waals surface area contributed by atoms with Crippen LogP contribution in [0.4, 0.5) is 0 Å². The number of aliphatic hydroxyl groups is 1. The third-order valence-corrected chi connectivity index (χ3v) is 3.43. The molecule has 2 nitrogen and oxygen atoms in total. The smallest absolute Gasteiger partial charge is 0.0431 e. The molecule has 0 aromatic heterocycles. The van der Waals surface area contributed by atoms with Gasteiger partial charge in [0, 0.05) is 18.0 Å². The Hall–Kier alpha value is -0.510. The van der Waals surface area contributed by atoms with Crippen LogP contribution in [0.15, 0.2) is 29.2 Å². The molecule has 0 amide bonds. The zero-order valence-electron chi connectivity index (χ0n) is 9.91. The first kappa shape index (κ1) is 13.6. The number of benzene rings is 1. The molecule has 1 aromatic carbocycles. The van der Waals surface area contributed by atoms with Crippen LogP contribution in [-0.4, -0.2) is 24.5 Å². The monoisotopic (exact) mass is 239 g/mol. The van der Waals surface area contributed by atoms with E-state index in [2.05, 4.69) is 29.6 Å². The molecule has 0 spiro atoms. The molecular weight excluding hydrogens is 218 g/mol. The highest BCUT2D eigenvalue weighted by molar-refractivity contribution is 7.99. The van der Waals surface area contributed by atoms with Gasteiger partial charge >= 0.3 is 0 Å². The highest BCUT2D eigenvalue weighted by atomic mass is 32.2. The van der Waals surface area contributed by atoms with E-state index in [9.17, 15) is 0 Å². The largest absolute Gasteiger partial charge is 0.396 e. The van der Waals surface area contributed by atoms with Crippen LogP contribution in [-0.2, 0) is 6.54 Å². The van der Waals surface area contributed by atoms with Gasteiger partial charge in [0.25, 0.3) is 0 Å². The molecule has 2 N–H and O–H groups in total. The molecule has 0 aliphatic rings. The normalized spacial score (nSPS) is 10.6. The Morgan fingerprint density at radius 1 is 1.25 bits per heavy atom. The summed E-state index contributed by atoms with van der Waals surface area (Å²) in [4.78, 5) is 1.34. The van der Waals surface area contributed by atoms with E-state index in [0.29, 0.717) is 6.61 Å². The van der Waals surface area contributed by atoms with Crippen molar-refractivity contribution in [1.29, 1.82) is 0 Å². The fourth-order valence-electron chi connectivity index (χ4n) is 1.53. The molecule has 3 heteroatoms. The standard InChI is InChI=1S/C13H21NOS/c1-14-11-12-6-5-7-13(10-12)16-9-4-2-3-8-15/h5-7,10,14-15H,2-4,8-9,11H2,1H3. The second-order valence-electron chi connectivity index (χ2n) is 3.81. The maximum atomic E-state index is 8.66. The molecule has 16 heavy (non-hydrogen) atoms. The maximum absolute atomic E-state index is 8.66. The molecule has 0 saturated carbocycles. The van der Waals surface area contributed by atoms with Gasteiger partial charge in [-0.1, -0.05) is 18.6 Å². The molecule has 0 atom stereocenters. The molecule has 1 rings (SSSR count). The van der Waals surface area contributed by atoms with Gasteiger partial charge in [-0.2, -0.15) is 0 Å². The van der Waals surface area contributed by atoms with Crippen LogP contribution in [0.3, 0.4) is 0 Å². The minimum atomic E-state index is 0.322. The van der Waals surface area contributed by atoms with E-state index < -0.39 is 0 Å². The summed E-state index contributed by atoms with van der Waals surface area (Å²) in [7, 11) is 1.97. The topological polar surface area (TPSA) is 32.3 Å². The molecule has 0 bridgehead atoms. The highest BCUT2D eigenvalue weighted by Crippen LogP contribution is 2.20. The SMILES string of the molecule is CNCc1cccc(SCCCCCO)c1. The van der Waals surface area contributed by atoms with E-state index in [1.807, 2.05) is 18.8 Å². The summed E-state index contributed by atoms with van der Waals surface area (Å²) in [5.74, 6) is 1.14. The number of nitrogens with one attached hydrogen (secondary N) is 1. The first-order chi connectivity index (χ1) is 7.86. The summed E-state index contributed by atoms with van der Waals surface area (Å²) >= 11 is 1.90. The van der Waals surface area contributed by atoms with Crippen LogP contribution < -0.4 is 5.32 Å². The third kappa shape index (κ3) is 5.54. The van der Waals surface area contributed by atoms with E-state index in [4.69, 9.17) is 5.11 Å². The molecule has 1 aromatic rings. The number of aliphatic hydroxyl groups excluding tert-OH is 1. The molecule has 90 valence electrons. The van der Waals surface area contributed by atoms with Crippen molar-refractivity contribution in [2.45, 2.75) is 30.7 Å². The van der Waals surface area contributed by atoms with Crippen molar-refractivity contribution in [3.63, 3.8) is 0 Å². The fraction of sp³-hybridized carbons (Fsp3) is 0.538. The molecular formula is C13H21NOS. The minimum Gasteiger partial charge on any atom is -0.396 e. The van der Waals surface area contributed by atoms with Crippen molar-refractivity contribution in [1.82, 2.24) is 5.32 Å². The zero-order chi connectivity index (χ0) is 11.6. The van der Waals surface area contributed by atoms with Gasteiger partial charge < -0.3 is 10.4 Å². The highest BCUT2D eigenvalue weighted by Gasteiger charge is 1.96. The average molecular weight is 239 g/mol. The van der Waals surface area contributed by atoms with Crippen LogP contribution in [0, 0.1) is 0 Å². The molecule has 0 unspecified atom stereocenters. The Bertz CT molecular complexity index is 291. The predicted octanol–water partition coefficient (Wildman–Crippen LogP) is 2.66. The molecule has 0 heterocycles. The van der Waals surface area contributed by atoms with Gasteiger partial charge in [-0.3, -0.25) is 0 Å². The van der Waals surface area contributed by atoms with Crippen molar-refractivity contribution in [2.75, 3.05) is 19.4 Å². The van der Waals surface area contributed by atoms with Gasteiger partial charge in [0.1, 0.15) is 0 Å². The lowest BCUT2D eigenvalue weighted by Gasteiger charge is -2.04. The van der Waals surface area contributed by atoms with E-state index >= 15 is 0 Å². The van der Waals surface area contributed by atoms with Crippen molar-refractivity contribution >= 4 is 11.8 Å². The molecule has 0 aliphatic carbocycles. The third-order valence-electron chi connectivity index (χ3n) is 2.35. The van der Waals surface area contributed by atoms with E-state index in [1.54, 1.807) is 0 Å². The van der Waals surface area contributed by atoms with Gasteiger partial charge in [0.05, 0.1) is 0 Å². The van der Waals surface area contributed by atoms with Crippen LogP contribution in [0.25, 0.3) is 0 Å². The van der Waals surface area contributed by atoms with Gasteiger partial charge in [0.15, 0.2) is 0 Å². The zero-order valence-corrected chi connectivity index (χ0v) is 10.7. The number of thioether (sulfide) groups is 1. The van der Waals surface area contributed by atoms with Gasteiger partial charge in [-0.25, -0.2) is 0 Å². The Morgan fingerprint density at radius 3 is 2.88 bits per heavy atom. The van der Waals surface area contributed by atoms with Gasteiger partial charge in [0.2, 0.25) is 0 Å². The number of hydrogen-bond acceptors (Lipinski definition) is 3. The van der Waals surface area contributed by atoms with Crippen LogP contribution in [0.2, 0.25) is 0 Å². The Kier molecular flexibility index (Phi) is 7.30. The summed E-state index contributed by atoms with van der Waals surface area (Å²) < 4.78 is 0. The first-order valence-electron chi connectivity index (χ1n) is 5.84. The van der Waals surface area contributed by atoms with Crippen molar-refractivity contribution in [3.05, 3.63) is 29.8 Å². The quantitative estimate of drug-likeness (QED) is 0.540. The van der Waals surface area contributed by atoms with Crippen LogP contribution in [0.5, 0.6) is 0 Å². The predicted molar refractivity (Wildman–Crippen MR) is 70.9 cm³/mol. The summed E-state index contributed by atoms with van der Waals surface area (Å²) in [6.45, 7) is 1.25. The first-order valence-corrected chi connectivity index (χ1v) is 6.82. The lowest BCUT2D eigenvalue weighted by atomic mass is 10.2. The van der Waals surface area contributed by atoms with E-state index in [1.165, 1.54) is 16.9 Å². The lowest BCUT2D eigenvalue weighted by Crippen LogP contribution is -2.04. The van der Waals surface area contributed by atoms with Crippen molar-refractivity contribution in [3.8, 4) is 0 Å². The maximum Gasteiger partial charge on any atom is 0.0431 e. The second-order valence-corrected chi connectivity index (χ2v) is 4.98. The minimum absolute atomic E-state index is 0.322. The Morgan fingerprint density at radius 2 is 2.12 bits per heavy atom. The summed E-state index contributed by atoms with van der Waals surface area (Å²) in [5.41, 5.74) is 1.34. The fourth-order valence-corrected chi connectivity index (χ4v) is 2.52. The van der Waals surface area contributed by atoms with Crippen LogP contribution in [0.1, 0.15) is 24.8 Å². The molecule has 0 fully saturated rings. The van der Waals surface area contributed by atoms with E-state index in [0.717, 1.165) is 25.1 Å². The van der Waals surface area contributed by atoms with Crippen LogP contribution >= 0.6 is 11.8 Å². The Balaban J connectivity index is 2.27. The van der Waals surface area contributed by atoms with Crippen molar-refractivity contribution in [2.24, 2.45) is 0 Å². The molecule has 0 saturated heterocycles. The summed E-state index contributed by atoms with van der Waals surface area (Å²) in [6, 6.07) is 8.66. The Labute approximate surface area is 102 Å². The lowest BCUT2D eigenvalue weighted by molar-refractivity contribution is 0.284. The number of rotatable bonds is 8. The summed E-state index contributed by atoms with van der Waals surface area (Å²) in [5, 5.41) is 11.8. The van der Waals surface area contributed by atoms with Crippen molar-refractivity contribution < 1.29 is 5.11 Å². The van der Waals surface area contributed by atoms with Gasteiger partial charge in [-0.05, 0) is 43.3 Å². The van der Waals surface area contributed by atoms with Gasteiger partial charge in [-0.15, -0.1) is 11.8 Å². The average Bonchev–Trinajstić information content (AvgIpc) is 2.30.